The van der Waals surface area contributed by atoms with Crippen LogP contribution >= 0.6 is 24.0 Å². The molecule has 2 nitrogen and oxygen atoms in total. The Bertz CT molecular complexity index is 897. The van der Waals surface area contributed by atoms with Gasteiger partial charge in [0.1, 0.15) is 0 Å². The molecule has 0 aliphatic carbocycles. The molecule has 1 saturated heterocycles. The van der Waals surface area contributed by atoms with Gasteiger partial charge >= 0.3 is 0 Å². The number of anilines is 1. The number of carbonyl (C=O) groups is 1. The maximum Gasteiger partial charge on any atom is 0.270 e. The van der Waals surface area contributed by atoms with Crippen LogP contribution in [0.1, 0.15) is 23.6 Å². The monoisotopic (exact) mass is 365 g/mol. The Hall–Kier alpha value is -2.17. The number of hydrogen-bond donors (Lipinski definition) is 0. The van der Waals surface area contributed by atoms with Gasteiger partial charge in [0.2, 0.25) is 0 Å². The third kappa shape index (κ3) is 3.91. The predicted molar refractivity (Wildman–Crippen MR) is 112 cm³/mol. The molecule has 1 fully saturated rings. The molecule has 0 saturated carbocycles. The third-order valence-corrected chi connectivity index (χ3v) is 5.40. The normalized spacial score (nSPS) is 16.8. The third-order valence-electron chi connectivity index (χ3n) is 4.10. The minimum absolute atomic E-state index is 0.0564. The van der Waals surface area contributed by atoms with E-state index in [0.717, 1.165) is 22.4 Å². The van der Waals surface area contributed by atoms with Crippen molar-refractivity contribution in [3.63, 3.8) is 0 Å². The molecule has 0 bridgehead atoms. The summed E-state index contributed by atoms with van der Waals surface area (Å²) < 4.78 is 0.576. The van der Waals surface area contributed by atoms with Crippen molar-refractivity contribution in [3.8, 4) is 0 Å². The Labute approximate surface area is 158 Å². The maximum atomic E-state index is 12.8. The van der Waals surface area contributed by atoms with Crippen molar-refractivity contribution in [2.24, 2.45) is 0 Å². The largest absolute Gasteiger partial charge is 0.270 e. The van der Waals surface area contributed by atoms with Gasteiger partial charge in [-0.15, -0.1) is 0 Å². The zero-order chi connectivity index (χ0) is 18.0. The first kappa shape index (κ1) is 17.6. The molecule has 0 N–H and O–H groups in total. The average Bonchev–Trinajstić information content (AvgIpc) is 2.85. The molecule has 1 aliphatic rings. The van der Waals surface area contributed by atoms with Gasteiger partial charge in [-0.2, -0.15) is 0 Å². The lowest BCUT2D eigenvalue weighted by atomic mass is 10.1. The molecule has 0 aromatic heterocycles. The van der Waals surface area contributed by atoms with E-state index in [0.29, 0.717) is 9.23 Å². The number of amides is 1. The summed E-state index contributed by atoms with van der Waals surface area (Å²) in [5.74, 6) is -0.0564. The second-order valence-electron chi connectivity index (χ2n) is 6.08. The van der Waals surface area contributed by atoms with E-state index in [4.69, 9.17) is 12.2 Å². The summed E-state index contributed by atoms with van der Waals surface area (Å²) in [4.78, 5) is 15.1. The molecule has 2 aromatic carbocycles. The van der Waals surface area contributed by atoms with Crippen molar-refractivity contribution >= 4 is 46.0 Å². The maximum absolute atomic E-state index is 12.8. The summed E-state index contributed by atoms with van der Waals surface area (Å²) in [5, 5.41) is 0. The smallest absolute Gasteiger partial charge is 0.268 e. The minimum atomic E-state index is -0.0564. The van der Waals surface area contributed by atoms with E-state index in [1.165, 1.54) is 17.3 Å². The number of hydrogen-bond acceptors (Lipinski definition) is 3. The average molecular weight is 366 g/mol. The molecule has 0 unspecified atom stereocenters. The van der Waals surface area contributed by atoms with Gasteiger partial charge in [-0.05, 0) is 61.2 Å². The van der Waals surface area contributed by atoms with E-state index < -0.39 is 0 Å². The molecule has 4 heteroatoms. The fourth-order valence-electron chi connectivity index (χ4n) is 2.62. The van der Waals surface area contributed by atoms with Gasteiger partial charge in [0, 0.05) is 0 Å². The van der Waals surface area contributed by atoms with Gasteiger partial charge in [-0.1, -0.05) is 66.5 Å². The summed E-state index contributed by atoms with van der Waals surface area (Å²) >= 11 is 6.80. The SMILES string of the molecule is CC(/C=C1\SC(=S)N(c2ccc(C)c(C)c2)C1=O)=C\c1ccccc1. The topological polar surface area (TPSA) is 20.3 Å². The Kier molecular flexibility index (Phi) is 5.21. The lowest BCUT2D eigenvalue weighted by Gasteiger charge is -2.15. The number of thioether (sulfide) groups is 1. The van der Waals surface area contributed by atoms with Gasteiger partial charge in [0.05, 0.1) is 10.6 Å². The number of allylic oxidation sites excluding steroid dienone is 2. The minimum Gasteiger partial charge on any atom is -0.268 e. The number of rotatable bonds is 3. The second-order valence-corrected chi connectivity index (χ2v) is 7.76. The number of aryl methyl sites for hydroxylation is 2. The Balaban J connectivity index is 1.88. The molecule has 0 radical (unpaired) electrons. The van der Waals surface area contributed by atoms with Crippen LogP contribution < -0.4 is 4.90 Å². The Morgan fingerprint density at radius 3 is 2.48 bits per heavy atom. The predicted octanol–water partition coefficient (Wildman–Crippen LogP) is 5.66. The van der Waals surface area contributed by atoms with E-state index in [1.54, 1.807) is 4.90 Å². The van der Waals surface area contributed by atoms with E-state index in [2.05, 4.69) is 13.0 Å². The number of carbonyl (C=O) groups excluding carboxylic acids is 1. The van der Waals surface area contributed by atoms with E-state index in [1.807, 2.05) is 68.5 Å². The second kappa shape index (κ2) is 7.38. The highest BCUT2D eigenvalue weighted by atomic mass is 32.2. The van der Waals surface area contributed by atoms with Crippen LogP contribution in [0.25, 0.3) is 6.08 Å². The molecule has 126 valence electrons. The highest BCUT2D eigenvalue weighted by molar-refractivity contribution is 8.27. The highest BCUT2D eigenvalue weighted by Gasteiger charge is 2.33. The number of thiocarbonyl (C=S) groups is 1. The zero-order valence-electron chi connectivity index (χ0n) is 14.4. The van der Waals surface area contributed by atoms with Crippen LogP contribution in [-0.4, -0.2) is 10.2 Å². The van der Waals surface area contributed by atoms with Crippen LogP contribution in [0.5, 0.6) is 0 Å². The highest BCUT2D eigenvalue weighted by Crippen LogP contribution is 2.36. The molecule has 2 aromatic rings. The first-order chi connectivity index (χ1) is 12.0. The lowest BCUT2D eigenvalue weighted by Crippen LogP contribution is -2.27. The molecule has 1 aliphatic heterocycles. The van der Waals surface area contributed by atoms with Crippen LogP contribution in [0.3, 0.4) is 0 Å². The van der Waals surface area contributed by atoms with Crippen molar-refractivity contribution in [3.05, 3.63) is 81.8 Å². The van der Waals surface area contributed by atoms with Crippen molar-refractivity contribution in [1.82, 2.24) is 0 Å². The van der Waals surface area contributed by atoms with Crippen LogP contribution in [0.2, 0.25) is 0 Å². The summed E-state index contributed by atoms with van der Waals surface area (Å²) in [7, 11) is 0. The van der Waals surface area contributed by atoms with Gasteiger partial charge in [-0.3, -0.25) is 9.69 Å². The molecule has 1 amide bonds. The van der Waals surface area contributed by atoms with Gasteiger partial charge in [-0.25, -0.2) is 0 Å². The Morgan fingerprint density at radius 1 is 1.08 bits per heavy atom. The van der Waals surface area contributed by atoms with E-state index in [9.17, 15) is 4.79 Å². The molecule has 3 rings (SSSR count). The first-order valence-corrected chi connectivity index (χ1v) is 9.27. The number of nitrogens with zero attached hydrogens (tertiary/aromatic N) is 1. The fraction of sp³-hybridized carbons (Fsp3) is 0.143. The van der Waals surface area contributed by atoms with Crippen molar-refractivity contribution in [2.75, 3.05) is 4.90 Å². The Morgan fingerprint density at radius 2 is 1.80 bits per heavy atom. The van der Waals surface area contributed by atoms with Gasteiger partial charge in [0.15, 0.2) is 4.32 Å². The van der Waals surface area contributed by atoms with Crippen molar-refractivity contribution in [2.45, 2.75) is 20.8 Å². The standard InChI is InChI=1S/C21H19NOS2/c1-14(11-17-7-5-4-6-8-17)12-19-20(23)22(21(24)25-19)18-10-9-15(2)16(3)13-18/h4-13H,1-3H3/b14-11+,19-12-. The summed E-state index contributed by atoms with van der Waals surface area (Å²) in [6, 6.07) is 16.0. The van der Waals surface area contributed by atoms with Gasteiger partial charge in [0.25, 0.3) is 5.91 Å². The fourth-order valence-corrected chi connectivity index (χ4v) is 3.96. The first-order valence-electron chi connectivity index (χ1n) is 8.04. The lowest BCUT2D eigenvalue weighted by molar-refractivity contribution is -0.113. The molecule has 1 heterocycles. The number of benzene rings is 2. The van der Waals surface area contributed by atoms with E-state index in [-0.39, 0.29) is 5.91 Å². The van der Waals surface area contributed by atoms with Crippen LogP contribution in [0.15, 0.2) is 65.1 Å². The molecule has 25 heavy (non-hydrogen) atoms. The van der Waals surface area contributed by atoms with Crippen molar-refractivity contribution in [1.29, 1.82) is 0 Å². The van der Waals surface area contributed by atoms with Crippen molar-refractivity contribution < 1.29 is 4.79 Å². The van der Waals surface area contributed by atoms with Crippen LogP contribution in [0, 0.1) is 13.8 Å². The van der Waals surface area contributed by atoms with E-state index >= 15 is 0 Å². The molecular formula is C21H19NOS2. The summed E-state index contributed by atoms with van der Waals surface area (Å²) in [5.41, 5.74) is 5.31. The van der Waals surface area contributed by atoms with Gasteiger partial charge < -0.3 is 0 Å². The molecule has 0 spiro atoms. The molecular weight excluding hydrogens is 346 g/mol. The van der Waals surface area contributed by atoms with Crippen LogP contribution in [0.4, 0.5) is 5.69 Å². The molecule has 0 atom stereocenters. The summed E-state index contributed by atoms with van der Waals surface area (Å²) in [6.07, 6.45) is 3.97. The summed E-state index contributed by atoms with van der Waals surface area (Å²) in [6.45, 7) is 6.09. The van der Waals surface area contributed by atoms with Crippen LogP contribution in [-0.2, 0) is 4.79 Å². The quantitative estimate of drug-likeness (QED) is 0.517. The zero-order valence-corrected chi connectivity index (χ0v) is 16.1.